The monoisotopic (exact) mass is 666 g/mol. The third-order valence-corrected chi connectivity index (χ3v) is 9.94. The van der Waals surface area contributed by atoms with Crippen molar-refractivity contribution in [1.82, 2.24) is 0 Å². The second-order valence-electron chi connectivity index (χ2n) is 11.9. The Kier molecular flexibility index (Phi) is 13.8. The van der Waals surface area contributed by atoms with Gasteiger partial charge in [0.25, 0.3) is 0 Å². The Morgan fingerprint density at radius 3 is 1.74 bits per heavy atom. The number of benzene rings is 3. The third-order valence-electron chi connectivity index (χ3n) is 8.15. The normalized spacial score (nSPS) is 13.8. The Balaban J connectivity index is 1.11. The summed E-state index contributed by atoms with van der Waals surface area (Å²) in [5.74, 6) is 0.562. The zero-order chi connectivity index (χ0) is 33.5. The number of rotatable bonds is 20. The first-order valence-corrected chi connectivity index (χ1v) is 18.0. The zero-order valence-corrected chi connectivity index (χ0v) is 28.2. The molecule has 1 saturated heterocycles. The number of aryl methyl sites for hydroxylation is 1. The molecule has 3 aromatic carbocycles. The van der Waals surface area contributed by atoms with Gasteiger partial charge in [0.1, 0.15) is 17.2 Å². The van der Waals surface area contributed by atoms with Crippen LogP contribution in [0.2, 0.25) is 0 Å². The van der Waals surface area contributed by atoms with Crippen LogP contribution in [0, 0.1) is 5.41 Å². The minimum absolute atomic E-state index is 0.0561. The van der Waals surface area contributed by atoms with Gasteiger partial charge in [-0.3, -0.25) is 9.59 Å². The summed E-state index contributed by atoms with van der Waals surface area (Å²) >= 11 is 0. The molecule has 0 amide bonds. The van der Waals surface area contributed by atoms with E-state index in [0.29, 0.717) is 19.4 Å². The SMILES string of the molecule is CCCC(=O)Oc1ccc(S(=O)(=O)c2ccc(OC(=O)CCc3ccc(OCCCCCCOCC4(CC)COC4)cc3)cc2)cc1. The van der Waals surface area contributed by atoms with Gasteiger partial charge in [0.2, 0.25) is 9.84 Å². The maximum atomic E-state index is 13.0. The van der Waals surface area contributed by atoms with Crippen molar-refractivity contribution in [2.75, 3.05) is 33.0 Å². The molecule has 0 spiro atoms. The molecule has 0 atom stereocenters. The molecule has 0 aliphatic carbocycles. The van der Waals surface area contributed by atoms with Crippen LogP contribution >= 0.6 is 0 Å². The second kappa shape index (κ2) is 18.0. The Hall–Kier alpha value is -3.73. The Bertz CT molecular complexity index is 1510. The van der Waals surface area contributed by atoms with Crippen LogP contribution in [0.4, 0.5) is 0 Å². The van der Waals surface area contributed by atoms with Crippen LogP contribution in [0.15, 0.2) is 82.6 Å². The van der Waals surface area contributed by atoms with E-state index in [1.54, 1.807) is 0 Å². The van der Waals surface area contributed by atoms with Gasteiger partial charge < -0.3 is 23.7 Å². The minimum Gasteiger partial charge on any atom is -0.494 e. The van der Waals surface area contributed by atoms with Crippen molar-refractivity contribution in [1.29, 1.82) is 0 Å². The van der Waals surface area contributed by atoms with E-state index in [4.69, 9.17) is 23.7 Å². The van der Waals surface area contributed by atoms with Gasteiger partial charge in [-0.05, 0) is 105 Å². The lowest BCUT2D eigenvalue weighted by molar-refractivity contribution is -0.150. The van der Waals surface area contributed by atoms with E-state index in [-0.39, 0.29) is 45.5 Å². The van der Waals surface area contributed by atoms with Gasteiger partial charge in [0.15, 0.2) is 0 Å². The fraction of sp³-hybridized carbons (Fsp3) is 0.459. The van der Waals surface area contributed by atoms with E-state index < -0.39 is 15.8 Å². The maximum absolute atomic E-state index is 13.0. The number of esters is 2. The van der Waals surface area contributed by atoms with Crippen molar-refractivity contribution in [3.63, 3.8) is 0 Å². The number of carbonyl (C=O) groups excluding carboxylic acids is 2. The Morgan fingerprint density at radius 1 is 0.702 bits per heavy atom. The molecule has 1 fully saturated rings. The first-order chi connectivity index (χ1) is 22.7. The lowest BCUT2D eigenvalue weighted by Gasteiger charge is -2.40. The molecule has 47 heavy (non-hydrogen) atoms. The lowest BCUT2D eigenvalue weighted by atomic mass is 9.84. The molecule has 0 unspecified atom stereocenters. The van der Waals surface area contributed by atoms with Gasteiger partial charge in [0, 0.05) is 24.9 Å². The van der Waals surface area contributed by atoms with Gasteiger partial charge in [0.05, 0.1) is 36.2 Å². The highest BCUT2D eigenvalue weighted by molar-refractivity contribution is 7.91. The summed E-state index contributed by atoms with van der Waals surface area (Å²) < 4.78 is 53.7. The molecule has 1 aliphatic heterocycles. The molecule has 0 aromatic heterocycles. The van der Waals surface area contributed by atoms with Gasteiger partial charge >= 0.3 is 11.9 Å². The quantitative estimate of drug-likeness (QED) is 0.0705. The molecule has 1 heterocycles. The fourth-order valence-electron chi connectivity index (χ4n) is 5.00. The van der Waals surface area contributed by atoms with Gasteiger partial charge in [-0.1, -0.05) is 32.4 Å². The van der Waals surface area contributed by atoms with E-state index in [1.807, 2.05) is 31.2 Å². The molecular weight excluding hydrogens is 620 g/mol. The smallest absolute Gasteiger partial charge is 0.311 e. The summed E-state index contributed by atoms with van der Waals surface area (Å²) in [5, 5.41) is 0. The number of sulfone groups is 1. The molecule has 0 bridgehead atoms. The second-order valence-corrected chi connectivity index (χ2v) is 13.9. The molecule has 254 valence electrons. The number of hydrogen-bond acceptors (Lipinski definition) is 9. The molecule has 0 N–H and O–H groups in total. The van der Waals surface area contributed by atoms with Gasteiger partial charge in [-0.2, -0.15) is 0 Å². The van der Waals surface area contributed by atoms with E-state index >= 15 is 0 Å². The summed E-state index contributed by atoms with van der Waals surface area (Å²) in [6.07, 6.45) is 6.98. The van der Waals surface area contributed by atoms with E-state index in [2.05, 4.69) is 6.92 Å². The topological polar surface area (TPSA) is 114 Å². The maximum Gasteiger partial charge on any atom is 0.311 e. The van der Waals surface area contributed by atoms with Crippen molar-refractivity contribution < 1.29 is 41.7 Å². The summed E-state index contributed by atoms with van der Waals surface area (Å²) in [5.41, 5.74) is 1.24. The van der Waals surface area contributed by atoms with Crippen molar-refractivity contribution in [2.24, 2.45) is 5.41 Å². The highest BCUT2D eigenvalue weighted by Crippen LogP contribution is 2.31. The molecule has 4 rings (SSSR count). The summed E-state index contributed by atoms with van der Waals surface area (Å²) in [7, 11) is -3.81. The van der Waals surface area contributed by atoms with Crippen LogP contribution < -0.4 is 14.2 Å². The van der Waals surface area contributed by atoms with Crippen LogP contribution in [0.25, 0.3) is 0 Å². The molecule has 1 aliphatic rings. The van der Waals surface area contributed by atoms with Crippen molar-refractivity contribution in [3.05, 3.63) is 78.4 Å². The number of unbranched alkanes of at least 4 members (excludes halogenated alkanes) is 3. The Morgan fingerprint density at radius 2 is 1.23 bits per heavy atom. The van der Waals surface area contributed by atoms with Crippen molar-refractivity contribution >= 4 is 21.8 Å². The molecule has 0 radical (unpaired) electrons. The number of ether oxygens (including phenoxy) is 5. The van der Waals surface area contributed by atoms with E-state index in [9.17, 15) is 18.0 Å². The number of hydrogen-bond donors (Lipinski definition) is 0. The summed E-state index contributed by atoms with van der Waals surface area (Å²) in [4.78, 5) is 24.2. The fourth-order valence-corrected chi connectivity index (χ4v) is 6.26. The van der Waals surface area contributed by atoms with Gasteiger partial charge in [-0.15, -0.1) is 0 Å². The predicted molar refractivity (Wildman–Crippen MR) is 178 cm³/mol. The van der Waals surface area contributed by atoms with Crippen molar-refractivity contribution in [3.8, 4) is 17.2 Å². The number of carbonyl (C=O) groups is 2. The van der Waals surface area contributed by atoms with Crippen LogP contribution in [0.5, 0.6) is 17.2 Å². The highest BCUT2D eigenvalue weighted by atomic mass is 32.2. The van der Waals surface area contributed by atoms with Gasteiger partial charge in [-0.25, -0.2) is 8.42 Å². The lowest BCUT2D eigenvalue weighted by Crippen LogP contribution is -2.45. The average Bonchev–Trinajstić information content (AvgIpc) is 3.05. The molecule has 10 heteroatoms. The van der Waals surface area contributed by atoms with Crippen LogP contribution in [-0.2, 0) is 35.3 Å². The highest BCUT2D eigenvalue weighted by Gasteiger charge is 2.36. The predicted octanol–water partition coefficient (Wildman–Crippen LogP) is 7.15. The molecular formula is C37H46O9S. The first kappa shape index (κ1) is 36.1. The van der Waals surface area contributed by atoms with Crippen LogP contribution in [-0.4, -0.2) is 53.4 Å². The average molecular weight is 667 g/mol. The van der Waals surface area contributed by atoms with Crippen LogP contribution in [0.3, 0.4) is 0 Å². The molecule has 0 saturated carbocycles. The van der Waals surface area contributed by atoms with E-state index in [0.717, 1.165) is 69.8 Å². The largest absolute Gasteiger partial charge is 0.494 e. The van der Waals surface area contributed by atoms with E-state index in [1.165, 1.54) is 48.5 Å². The zero-order valence-electron chi connectivity index (χ0n) is 27.4. The third kappa shape index (κ3) is 11.2. The van der Waals surface area contributed by atoms with Crippen LogP contribution in [0.1, 0.15) is 70.8 Å². The van der Waals surface area contributed by atoms with Crippen molar-refractivity contribution in [2.45, 2.75) is 81.4 Å². The first-order valence-electron chi connectivity index (χ1n) is 16.5. The molecule has 3 aromatic rings. The molecule has 9 nitrogen and oxygen atoms in total. The standard InChI is InChI=1S/C37H46O9S/c1-3-9-35(38)45-31-15-19-33(20-16-31)47(40,41)34-21-17-32(18-22-34)46-36(39)23-12-29-10-13-30(14-11-29)44-25-8-6-5-7-24-42-26-37(4-2)27-43-28-37/h10-11,13-22H,3-9,12,23-28H2,1-2H3. The summed E-state index contributed by atoms with van der Waals surface area (Å²) in [6.45, 7) is 7.96. The minimum atomic E-state index is -3.81. The summed E-state index contributed by atoms with van der Waals surface area (Å²) in [6, 6.07) is 19.1. The Labute approximate surface area is 278 Å².